The summed E-state index contributed by atoms with van der Waals surface area (Å²) in [5.74, 6) is 1.02. The van der Waals surface area contributed by atoms with E-state index < -0.39 is 6.04 Å². The van der Waals surface area contributed by atoms with Crippen LogP contribution in [0.25, 0.3) is 0 Å². The second kappa shape index (κ2) is 5.93. The topological polar surface area (TPSA) is 49.4 Å². The zero-order valence-electron chi connectivity index (χ0n) is 13.1. The van der Waals surface area contributed by atoms with Crippen molar-refractivity contribution >= 4 is 11.8 Å². The third kappa shape index (κ3) is 4.22. The van der Waals surface area contributed by atoms with Gasteiger partial charge in [-0.1, -0.05) is 41.5 Å². The van der Waals surface area contributed by atoms with Crippen LogP contribution < -0.4 is 5.32 Å². The van der Waals surface area contributed by atoms with Gasteiger partial charge in [0, 0.05) is 19.5 Å². The highest BCUT2D eigenvalue weighted by Crippen LogP contribution is 2.24. The van der Waals surface area contributed by atoms with Crippen LogP contribution in [0.5, 0.6) is 0 Å². The molecular weight excluding hydrogens is 240 g/mol. The molecule has 0 aromatic heterocycles. The van der Waals surface area contributed by atoms with Crippen LogP contribution in [0.15, 0.2) is 0 Å². The van der Waals surface area contributed by atoms with Gasteiger partial charge in [0.25, 0.3) is 0 Å². The number of amides is 2. The first-order valence-corrected chi connectivity index (χ1v) is 7.21. The third-order valence-corrected chi connectivity index (χ3v) is 3.99. The van der Waals surface area contributed by atoms with Crippen molar-refractivity contribution in [3.63, 3.8) is 0 Å². The standard InChI is InChI=1S/C15H28N2O2/c1-10(2)11(3)9-17-8-7-12(18)16-13(14(17)19)15(4,5)6/h10-11,13H,7-9H2,1-6H3,(H,16,18). The normalized spacial score (nSPS) is 23.3. The van der Waals surface area contributed by atoms with Crippen molar-refractivity contribution < 1.29 is 9.59 Å². The number of nitrogens with zero attached hydrogens (tertiary/aromatic N) is 1. The number of carbonyl (C=O) groups is 2. The summed E-state index contributed by atoms with van der Waals surface area (Å²) in [6.45, 7) is 13.7. The Hall–Kier alpha value is -1.06. The molecular formula is C15H28N2O2. The average Bonchev–Trinajstić information content (AvgIpc) is 2.40. The summed E-state index contributed by atoms with van der Waals surface area (Å²) in [5, 5.41) is 2.87. The molecule has 1 fully saturated rings. The maximum Gasteiger partial charge on any atom is 0.245 e. The maximum atomic E-state index is 12.6. The molecule has 0 bridgehead atoms. The molecule has 1 aliphatic heterocycles. The van der Waals surface area contributed by atoms with E-state index in [2.05, 4.69) is 26.1 Å². The fourth-order valence-electron chi connectivity index (χ4n) is 2.15. The lowest BCUT2D eigenvalue weighted by Gasteiger charge is -2.33. The summed E-state index contributed by atoms with van der Waals surface area (Å²) >= 11 is 0. The maximum absolute atomic E-state index is 12.6. The van der Waals surface area contributed by atoms with Crippen LogP contribution in [-0.2, 0) is 9.59 Å². The molecule has 1 rings (SSSR count). The summed E-state index contributed by atoms with van der Waals surface area (Å²) in [7, 11) is 0. The molecule has 4 nitrogen and oxygen atoms in total. The van der Waals surface area contributed by atoms with Gasteiger partial charge in [-0.3, -0.25) is 9.59 Å². The first kappa shape index (κ1) is 16.0. The molecule has 2 amide bonds. The van der Waals surface area contributed by atoms with Gasteiger partial charge in [-0.15, -0.1) is 0 Å². The molecule has 0 aliphatic carbocycles. The first-order valence-electron chi connectivity index (χ1n) is 7.21. The van der Waals surface area contributed by atoms with E-state index in [0.29, 0.717) is 24.8 Å². The summed E-state index contributed by atoms with van der Waals surface area (Å²) < 4.78 is 0. The minimum Gasteiger partial charge on any atom is -0.344 e. The molecule has 1 aliphatic rings. The lowest BCUT2D eigenvalue weighted by Crippen LogP contribution is -2.52. The van der Waals surface area contributed by atoms with Gasteiger partial charge < -0.3 is 10.2 Å². The fraction of sp³-hybridized carbons (Fsp3) is 0.867. The second-order valence-corrected chi connectivity index (χ2v) is 7.12. The minimum absolute atomic E-state index is 0.0204. The quantitative estimate of drug-likeness (QED) is 0.851. The molecule has 2 unspecified atom stereocenters. The van der Waals surface area contributed by atoms with Crippen molar-refractivity contribution in [2.24, 2.45) is 17.3 Å². The SMILES string of the molecule is CC(C)C(C)CN1CCC(=O)NC(C(C)(C)C)C1=O. The molecule has 0 aromatic rings. The van der Waals surface area contributed by atoms with E-state index in [0.717, 1.165) is 6.54 Å². The number of hydrogen-bond acceptors (Lipinski definition) is 2. The van der Waals surface area contributed by atoms with Gasteiger partial charge in [0.05, 0.1) is 0 Å². The van der Waals surface area contributed by atoms with Crippen LogP contribution in [0, 0.1) is 17.3 Å². The largest absolute Gasteiger partial charge is 0.344 e. The molecule has 1 N–H and O–H groups in total. The zero-order valence-corrected chi connectivity index (χ0v) is 13.1. The Labute approximate surface area is 116 Å². The van der Waals surface area contributed by atoms with E-state index >= 15 is 0 Å². The molecule has 1 heterocycles. The van der Waals surface area contributed by atoms with Crippen molar-refractivity contribution in [1.82, 2.24) is 10.2 Å². The zero-order chi connectivity index (χ0) is 14.8. The van der Waals surface area contributed by atoms with Crippen LogP contribution in [0.4, 0.5) is 0 Å². The minimum atomic E-state index is -0.415. The summed E-state index contributed by atoms with van der Waals surface area (Å²) in [4.78, 5) is 26.2. The van der Waals surface area contributed by atoms with Crippen LogP contribution in [0.3, 0.4) is 0 Å². The summed E-state index contributed by atoms with van der Waals surface area (Å²) in [6.07, 6.45) is 0.406. The van der Waals surface area contributed by atoms with Crippen LogP contribution in [0.2, 0.25) is 0 Å². The first-order chi connectivity index (χ1) is 8.62. The number of rotatable bonds is 3. The Balaban J connectivity index is 2.87. The molecule has 0 radical (unpaired) electrons. The van der Waals surface area contributed by atoms with Crippen LogP contribution in [-0.4, -0.2) is 35.8 Å². The monoisotopic (exact) mass is 268 g/mol. The van der Waals surface area contributed by atoms with Gasteiger partial charge in [0.15, 0.2) is 0 Å². The molecule has 19 heavy (non-hydrogen) atoms. The highest BCUT2D eigenvalue weighted by Gasteiger charge is 2.38. The highest BCUT2D eigenvalue weighted by molar-refractivity contribution is 5.90. The number of hydrogen-bond donors (Lipinski definition) is 1. The molecule has 2 atom stereocenters. The van der Waals surface area contributed by atoms with Crippen LogP contribution in [0.1, 0.15) is 48.0 Å². The Morgan fingerprint density at radius 1 is 1.26 bits per heavy atom. The van der Waals surface area contributed by atoms with Crippen molar-refractivity contribution in [2.75, 3.05) is 13.1 Å². The van der Waals surface area contributed by atoms with Crippen molar-refractivity contribution in [1.29, 1.82) is 0 Å². The highest BCUT2D eigenvalue weighted by atomic mass is 16.2. The third-order valence-electron chi connectivity index (χ3n) is 3.99. The van der Waals surface area contributed by atoms with E-state index in [1.165, 1.54) is 0 Å². The van der Waals surface area contributed by atoms with E-state index in [9.17, 15) is 9.59 Å². The predicted molar refractivity (Wildman–Crippen MR) is 76.6 cm³/mol. The average molecular weight is 268 g/mol. The Kier molecular flexibility index (Phi) is 4.99. The predicted octanol–water partition coefficient (Wildman–Crippen LogP) is 2.04. The second-order valence-electron chi connectivity index (χ2n) is 7.12. The summed E-state index contributed by atoms with van der Waals surface area (Å²) in [5.41, 5.74) is -0.254. The Morgan fingerprint density at radius 3 is 2.32 bits per heavy atom. The number of carbonyl (C=O) groups excluding carboxylic acids is 2. The van der Waals surface area contributed by atoms with Crippen molar-refractivity contribution in [2.45, 2.75) is 54.0 Å². The van der Waals surface area contributed by atoms with Gasteiger partial charge >= 0.3 is 0 Å². The molecule has 1 saturated heterocycles. The Bertz CT molecular complexity index is 345. The molecule has 110 valence electrons. The molecule has 0 spiro atoms. The van der Waals surface area contributed by atoms with Crippen molar-refractivity contribution in [3.8, 4) is 0 Å². The fourth-order valence-corrected chi connectivity index (χ4v) is 2.15. The lowest BCUT2D eigenvalue weighted by molar-refractivity contribution is -0.137. The van der Waals surface area contributed by atoms with Crippen LogP contribution >= 0.6 is 0 Å². The molecule has 0 aromatic carbocycles. The van der Waals surface area contributed by atoms with E-state index in [1.54, 1.807) is 0 Å². The lowest BCUT2D eigenvalue weighted by atomic mass is 9.85. The van der Waals surface area contributed by atoms with Gasteiger partial charge in [-0.2, -0.15) is 0 Å². The van der Waals surface area contributed by atoms with Gasteiger partial charge in [-0.25, -0.2) is 0 Å². The molecule has 0 saturated carbocycles. The summed E-state index contributed by atoms with van der Waals surface area (Å²) in [6, 6.07) is -0.415. The Morgan fingerprint density at radius 2 is 1.84 bits per heavy atom. The number of nitrogens with one attached hydrogen (secondary N) is 1. The van der Waals surface area contributed by atoms with E-state index in [1.807, 2.05) is 25.7 Å². The van der Waals surface area contributed by atoms with Gasteiger partial charge in [0.2, 0.25) is 11.8 Å². The molecule has 4 heteroatoms. The van der Waals surface area contributed by atoms with Gasteiger partial charge in [-0.05, 0) is 17.3 Å². The van der Waals surface area contributed by atoms with E-state index in [4.69, 9.17) is 0 Å². The van der Waals surface area contributed by atoms with Gasteiger partial charge in [0.1, 0.15) is 6.04 Å². The van der Waals surface area contributed by atoms with Crippen molar-refractivity contribution in [3.05, 3.63) is 0 Å². The van der Waals surface area contributed by atoms with E-state index in [-0.39, 0.29) is 17.2 Å². The smallest absolute Gasteiger partial charge is 0.245 e.